The van der Waals surface area contributed by atoms with Crippen LogP contribution in [-0.4, -0.2) is 34.9 Å². The molecule has 6 nitrogen and oxygen atoms in total. The van der Waals surface area contributed by atoms with E-state index in [2.05, 4.69) is 28.0 Å². The van der Waals surface area contributed by atoms with Gasteiger partial charge < -0.3 is 9.47 Å². The fourth-order valence-electron chi connectivity index (χ4n) is 6.46. The van der Waals surface area contributed by atoms with E-state index in [1.165, 1.54) is 36.0 Å². The van der Waals surface area contributed by atoms with Gasteiger partial charge in [-0.05, 0) is 122 Å². The van der Waals surface area contributed by atoms with E-state index in [1.807, 2.05) is 19.1 Å². The molecule has 2 amide bonds. The first-order chi connectivity index (χ1) is 15.8. The summed E-state index contributed by atoms with van der Waals surface area (Å²) in [6, 6.07) is 3.79. The smallest absolute Gasteiger partial charge is 0.285 e. The van der Waals surface area contributed by atoms with Gasteiger partial charge in [0.05, 0.1) is 27.6 Å². The van der Waals surface area contributed by atoms with Gasteiger partial charge in [0.25, 0.3) is 5.91 Å². The molecule has 1 saturated heterocycles. The highest BCUT2D eigenvalue weighted by Crippen LogP contribution is 2.60. The topological polar surface area (TPSA) is 67.9 Å². The first kappa shape index (κ1) is 23.4. The number of methoxy groups -OCH3 is 1. The summed E-state index contributed by atoms with van der Waals surface area (Å²) < 4.78 is 12.4. The van der Waals surface area contributed by atoms with Crippen LogP contribution in [0.1, 0.15) is 51.0 Å². The lowest BCUT2D eigenvalue weighted by Crippen LogP contribution is -2.57. The molecule has 0 unspecified atom stereocenters. The van der Waals surface area contributed by atoms with Crippen LogP contribution < -0.4 is 14.9 Å². The van der Waals surface area contributed by atoms with Crippen LogP contribution in [0.5, 0.6) is 11.5 Å². The molecule has 4 bridgehead atoms. The van der Waals surface area contributed by atoms with Crippen molar-refractivity contribution in [2.45, 2.75) is 45.4 Å². The average molecular weight is 599 g/mol. The number of benzene rings is 1. The molecule has 0 atom stereocenters. The monoisotopic (exact) mass is 598 g/mol. The Morgan fingerprint density at radius 2 is 1.91 bits per heavy atom. The van der Waals surface area contributed by atoms with Crippen LogP contribution in [0.3, 0.4) is 0 Å². The van der Waals surface area contributed by atoms with Gasteiger partial charge in [-0.2, -0.15) is 5.01 Å². The quantitative estimate of drug-likeness (QED) is 0.278. The molecule has 0 spiro atoms. The molecule has 33 heavy (non-hydrogen) atoms. The van der Waals surface area contributed by atoms with Gasteiger partial charge in [-0.3, -0.25) is 15.0 Å². The zero-order valence-electron chi connectivity index (χ0n) is 18.7. The van der Waals surface area contributed by atoms with Crippen molar-refractivity contribution < 1.29 is 19.1 Å². The second-order valence-corrected chi connectivity index (χ2v) is 12.5. The summed E-state index contributed by atoms with van der Waals surface area (Å²) in [7, 11) is 1.61. The van der Waals surface area contributed by atoms with Crippen LogP contribution >= 0.6 is 46.6 Å². The highest BCUT2D eigenvalue weighted by molar-refractivity contribution is 14.1. The Balaban J connectivity index is 1.34. The molecule has 1 aromatic carbocycles. The number of nitrogens with one attached hydrogen (secondary N) is 1. The number of ether oxygens (including phenoxy) is 2. The number of halogens is 1. The summed E-state index contributed by atoms with van der Waals surface area (Å²) in [6.07, 6.45) is 8.42. The molecule has 4 aliphatic carbocycles. The van der Waals surface area contributed by atoms with Crippen molar-refractivity contribution in [1.82, 2.24) is 10.4 Å². The Labute approximate surface area is 217 Å². The number of hydrogen-bond donors (Lipinski definition) is 1. The van der Waals surface area contributed by atoms with Crippen LogP contribution in [-0.2, 0) is 9.59 Å². The van der Waals surface area contributed by atoms with Crippen molar-refractivity contribution in [3.8, 4) is 11.5 Å². The van der Waals surface area contributed by atoms with Gasteiger partial charge in [0, 0.05) is 0 Å². The number of thioether (sulfide) groups is 1. The maximum absolute atomic E-state index is 13.4. The highest BCUT2D eigenvalue weighted by atomic mass is 127. The predicted molar refractivity (Wildman–Crippen MR) is 141 cm³/mol. The molecular weight excluding hydrogens is 571 g/mol. The maximum Gasteiger partial charge on any atom is 0.285 e. The maximum atomic E-state index is 13.4. The van der Waals surface area contributed by atoms with Crippen LogP contribution in [0.15, 0.2) is 17.0 Å². The van der Waals surface area contributed by atoms with Gasteiger partial charge >= 0.3 is 0 Å². The number of thiocarbonyl (C=S) groups is 1. The molecule has 1 aromatic rings. The number of carbonyl (C=O) groups is 2. The Hall–Kier alpha value is -1.33. The summed E-state index contributed by atoms with van der Waals surface area (Å²) in [5.41, 5.74) is 3.39. The van der Waals surface area contributed by atoms with Crippen LogP contribution in [0.25, 0.3) is 6.08 Å². The number of hydrogen-bond acceptors (Lipinski definition) is 6. The lowest BCUT2D eigenvalue weighted by Gasteiger charge is -2.55. The summed E-state index contributed by atoms with van der Waals surface area (Å²) in [4.78, 5) is 27.1. The third kappa shape index (κ3) is 4.29. The summed E-state index contributed by atoms with van der Waals surface area (Å²) >= 11 is 8.87. The molecule has 1 heterocycles. The summed E-state index contributed by atoms with van der Waals surface area (Å²) in [5.74, 6) is 2.96. The summed E-state index contributed by atoms with van der Waals surface area (Å²) in [5, 5.41) is 1.27. The number of rotatable bonds is 6. The average Bonchev–Trinajstić information content (AvgIpc) is 3.00. The van der Waals surface area contributed by atoms with Gasteiger partial charge in [0.2, 0.25) is 5.91 Å². The second-order valence-electron chi connectivity index (χ2n) is 9.62. The molecule has 5 aliphatic rings. The standard InChI is InChI=1S/C24H27IN2O4S2/c1-3-31-18-8-13(7-17(25)20(18)30-2)9-19-21(28)27(23(32)33-19)26-22(29)24-10-14-4-15(11-24)6-16(5-14)12-24/h7-9,14-16H,3-6,10-12H2,1-2H3,(H,26,29)/b19-9+. The van der Waals surface area contributed by atoms with Crippen molar-refractivity contribution in [2.75, 3.05) is 13.7 Å². The van der Waals surface area contributed by atoms with E-state index in [0.29, 0.717) is 45.1 Å². The minimum atomic E-state index is -0.333. The highest BCUT2D eigenvalue weighted by Gasteiger charge is 2.55. The zero-order chi connectivity index (χ0) is 23.3. The SMILES string of the molecule is CCOc1cc(/C=C2/SC(=S)N(NC(=O)C34CC5CC(CC(C5)C3)C4)C2=O)cc(I)c1OC. The lowest BCUT2D eigenvalue weighted by atomic mass is 9.49. The molecule has 176 valence electrons. The molecule has 0 aromatic heterocycles. The molecule has 9 heteroatoms. The van der Waals surface area contributed by atoms with Crippen molar-refractivity contribution in [1.29, 1.82) is 0 Å². The Morgan fingerprint density at radius 1 is 1.27 bits per heavy atom. The Morgan fingerprint density at radius 3 is 2.48 bits per heavy atom. The molecule has 5 fully saturated rings. The number of hydrazine groups is 1. The van der Waals surface area contributed by atoms with Crippen molar-refractivity contribution in [3.05, 3.63) is 26.2 Å². The Kier molecular flexibility index (Phi) is 6.41. The molecule has 6 rings (SSSR count). The van der Waals surface area contributed by atoms with Crippen molar-refractivity contribution in [3.63, 3.8) is 0 Å². The lowest BCUT2D eigenvalue weighted by molar-refractivity contribution is -0.152. The molecule has 1 aliphatic heterocycles. The number of amides is 2. The van der Waals surface area contributed by atoms with E-state index in [-0.39, 0.29) is 17.2 Å². The minimum Gasteiger partial charge on any atom is -0.492 e. The molecular formula is C24H27IN2O4S2. The fourth-order valence-corrected chi connectivity index (χ4v) is 8.48. The number of carbonyl (C=O) groups excluding carboxylic acids is 2. The van der Waals surface area contributed by atoms with E-state index in [0.717, 1.165) is 28.4 Å². The first-order valence-corrected chi connectivity index (χ1v) is 13.7. The van der Waals surface area contributed by atoms with E-state index < -0.39 is 0 Å². The third-order valence-corrected chi connectivity index (χ3v) is 9.46. The van der Waals surface area contributed by atoms with Gasteiger partial charge in [0.1, 0.15) is 0 Å². The van der Waals surface area contributed by atoms with Gasteiger partial charge in [-0.25, -0.2) is 0 Å². The van der Waals surface area contributed by atoms with Crippen LogP contribution in [0, 0.1) is 26.7 Å². The Bertz CT molecular complexity index is 1020. The van der Waals surface area contributed by atoms with Gasteiger partial charge in [-0.15, -0.1) is 0 Å². The zero-order valence-corrected chi connectivity index (χ0v) is 22.5. The fraction of sp³-hybridized carbons (Fsp3) is 0.542. The van der Waals surface area contributed by atoms with E-state index in [4.69, 9.17) is 21.7 Å². The number of nitrogens with zero attached hydrogens (tertiary/aromatic N) is 1. The van der Waals surface area contributed by atoms with Gasteiger partial charge in [0.15, 0.2) is 15.8 Å². The van der Waals surface area contributed by atoms with Crippen LogP contribution in [0.2, 0.25) is 0 Å². The molecule has 4 saturated carbocycles. The van der Waals surface area contributed by atoms with Crippen molar-refractivity contribution in [2.24, 2.45) is 23.2 Å². The van der Waals surface area contributed by atoms with E-state index in [1.54, 1.807) is 13.2 Å². The normalized spacial score (nSPS) is 31.4. The predicted octanol–water partition coefficient (Wildman–Crippen LogP) is 5.15. The largest absolute Gasteiger partial charge is 0.492 e. The van der Waals surface area contributed by atoms with E-state index >= 15 is 0 Å². The molecule has 0 radical (unpaired) electrons. The van der Waals surface area contributed by atoms with Crippen LogP contribution in [0.4, 0.5) is 0 Å². The minimum absolute atomic E-state index is 0.0308. The van der Waals surface area contributed by atoms with Crippen molar-refractivity contribution >= 4 is 68.8 Å². The molecule has 1 N–H and O–H groups in total. The van der Waals surface area contributed by atoms with Gasteiger partial charge in [-0.1, -0.05) is 11.8 Å². The third-order valence-electron chi connectivity index (χ3n) is 7.36. The second kappa shape index (κ2) is 9.03. The first-order valence-electron chi connectivity index (χ1n) is 11.4. The summed E-state index contributed by atoms with van der Waals surface area (Å²) in [6.45, 7) is 2.42. The van der Waals surface area contributed by atoms with E-state index in [9.17, 15) is 9.59 Å².